The topological polar surface area (TPSA) is 91.9 Å². The lowest BCUT2D eigenvalue weighted by Crippen LogP contribution is -2.45. The first-order chi connectivity index (χ1) is 16.6. The highest BCUT2D eigenvalue weighted by atomic mass is 32.2. The molecule has 0 saturated heterocycles. The number of imidazole rings is 1. The van der Waals surface area contributed by atoms with Gasteiger partial charge in [-0.1, -0.05) is 6.07 Å². The van der Waals surface area contributed by atoms with Gasteiger partial charge in [-0.2, -0.15) is 26.3 Å². The molecule has 1 aromatic heterocycles. The lowest BCUT2D eigenvalue weighted by atomic mass is 9.93. The summed E-state index contributed by atoms with van der Waals surface area (Å²) >= 11 is 0. The highest BCUT2D eigenvalue weighted by molar-refractivity contribution is 7.92. The molecule has 0 spiro atoms. The molecule has 0 bridgehead atoms. The largest absolute Gasteiger partial charge is 0.416 e. The van der Waals surface area contributed by atoms with E-state index in [-0.39, 0.29) is 29.7 Å². The Hall–Kier alpha value is -3.16. The molecule has 1 fully saturated rings. The van der Waals surface area contributed by atoms with Gasteiger partial charge in [-0.25, -0.2) is 17.8 Å². The minimum atomic E-state index is -4.80. The summed E-state index contributed by atoms with van der Waals surface area (Å²) in [6, 6.07) is 4.89. The van der Waals surface area contributed by atoms with Gasteiger partial charge in [-0.15, -0.1) is 0 Å². The minimum Gasteiger partial charge on any atom is -0.347 e. The van der Waals surface area contributed by atoms with Crippen molar-refractivity contribution in [2.24, 2.45) is 0 Å². The first kappa shape index (κ1) is 25.9. The Balaban J connectivity index is 1.45. The fraction of sp³-hybridized carbons (Fsp3) is 0.364. The molecule has 4 rings (SSSR count). The third-order valence-corrected chi connectivity index (χ3v) is 8.29. The summed E-state index contributed by atoms with van der Waals surface area (Å²) in [5.74, 6) is -1.06. The molecular weight excluding hydrogens is 519 g/mol. The molecular formula is C22H18F7N3O3S. The number of alkyl halides is 7. The fourth-order valence-electron chi connectivity index (χ4n) is 4.06. The van der Waals surface area contributed by atoms with Crippen LogP contribution in [0.3, 0.4) is 0 Å². The molecule has 0 unspecified atom stereocenters. The highest BCUT2D eigenvalue weighted by Crippen LogP contribution is 2.41. The lowest BCUT2D eigenvalue weighted by Gasteiger charge is -2.33. The Labute approximate surface area is 199 Å². The molecule has 0 aliphatic heterocycles. The molecule has 2 aromatic carbocycles. The summed E-state index contributed by atoms with van der Waals surface area (Å²) in [6.45, 7) is 0. The van der Waals surface area contributed by atoms with E-state index in [1.165, 1.54) is 0 Å². The van der Waals surface area contributed by atoms with E-state index in [2.05, 4.69) is 15.3 Å². The second-order valence-corrected chi connectivity index (χ2v) is 10.7. The molecule has 0 atom stereocenters. The third-order valence-electron chi connectivity index (χ3n) is 6.05. The summed E-state index contributed by atoms with van der Waals surface area (Å²) in [5.41, 5.74) is -2.07. The van der Waals surface area contributed by atoms with Crippen LogP contribution in [-0.2, 0) is 22.2 Å². The predicted molar refractivity (Wildman–Crippen MR) is 113 cm³/mol. The summed E-state index contributed by atoms with van der Waals surface area (Å²) in [7, 11) is -4.77. The van der Waals surface area contributed by atoms with Crippen LogP contribution < -0.4 is 5.32 Å². The molecule has 6 nitrogen and oxygen atoms in total. The number of aromatic amines is 1. The van der Waals surface area contributed by atoms with Crippen LogP contribution in [-0.4, -0.2) is 35.3 Å². The Morgan fingerprint density at radius 2 is 1.58 bits per heavy atom. The number of hydrogen-bond acceptors (Lipinski definition) is 4. The van der Waals surface area contributed by atoms with Crippen molar-refractivity contribution < 1.29 is 43.9 Å². The molecule has 0 radical (unpaired) electrons. The number of halogens is 7. The van der Waals surface area contributed by atoms with Crippen LogP contribution >= 0.6 is 0 Å². The highest BCUT2D eigenvalue weighted by Gasteiger charge is 2.48. The van der Waals surface area contributed by atoms with Crippen molar-refractivity contribution in [1.29, 1.82) is 0 Å². The molecule has 14 heteroatoms. The molecule has 194 valence electrons. The van der Waals surface area contributed by atoms with Crippen LogP contribution in [0, 0.1) is 0 Å². The van der Waals surface area contributed by atoms with Gasteiger partial charge in [0.25, 0.3) is 5.91 Å². The zero-order chi connectivity index (χ0) is 26.5. The number of benzene rings is 2. The van der Waals surface area contributed by atoms with E-state index < -0.39 is 68.0 Å². The molecule has 1 aliphatic carbocycles. The average molecular weight is 537 g/mol. The number of carbonyl (C=O) groups is 1. The summed E-state index contributed by atoms with van der Waals surface area (Å²) in [5, 5.41) is -0.294. The van der Waals surface area contributed by atoms with E-state index >= 15 is 4.39 Å². The van der Waals surface area contributed by atoms with Gasteiger partial charge in [-0.05, 0) is 62.1 Å². The average Bonchev–Trinajstić information content (AvgIpc) is 3.23. The molecule has 2 N–H and O–H groups in total. The first-order valence-electron chi connectivity index (χ1n) is 10.6. The molecule has 36 heavy (non-hydrogen) atoms. The second-order valence-electron chi connectivity index (χ2n) is 8.47. The summed E-state index contributed by atoms with van der Waals surface area (Å²) < 4.78 is 119. The van der Waals surface area contributed by atoms with Crippen LogP contribution in [0.1, 0.15) is 47.4 Å². The first-order valence-corrected chi connectivity index (χ1v) is 12.1. The SMILES string of the molecule is O=C(N[C@H]1CC[C@](F)(S(=O)(=O)c2cccc(C(F)(F)F)c2)CC1)c1nc2cc(C(F)(F)F)ccc2[nH]1. The smallest absolute Gasteiger partial charge is 0.347 e. The monoisotopic (exact) mass is 537 g/mol. The van der Waals surface area contributed by atoms with E-state index in [0.717, 1.165) is 30.3 Å². The number of fused-ring (bicyclic) bond motifs is 1. The summed E-state index contributed by atoms with van der Waals surface area (Å²) in [6.07, 6.45) is -10.8. The molecule has 1 aliphatic rings. The Morgan fingerprint density at radius 3 is 2.19 bits per heavy atom. The van der Waals surface area contributed by atoms with Gasteiger partial charge in [-0.3, -0.25) is 4.79 Å². The van der Waals surface area contributed by atoms with Crippen LogP contribution in [0.4, 0.5) is 30.7 Å². The van der Waals surface area contributed by atoms with Crippen LogP contribution in [0.2, 0.25) is 0 Å². The maximum atomic E-state index is 15.5. The van der Waals surface area contributed by atoms with Crippen LogP contribution in [0.15, 0.2) is 47.4 Å². The van der Waals surface area contributed by atoms with E-state index in [4.69, 9.17) is 0 Å². The van der Waals surface area contributed by atoms with E-state index in [1.807, 2.05) is 0 Å². The van der Waals surface area contributed by atoms with Gasteiger partial charge in [0.05, 0.1) is 27.1 Å². The van der Waals surface area contributed by atoms with Crippen molar-refractivity contribution in [3.05, 3.63) is 59.4 Å². The number of H-pyrrole nitrogens is 1. The van der Waals surface area contributed by atoms with Gasteiger partial charge in [0, 0.05) is 6.04 Å². The van der Waals surface area contributed by atoms with E-state index in [0.29, 0.717) is 12.1 Å². The number of nitrogens with one attached hydrogen (secondary N) is 2. The zero-order valence-corrected chi connectivity index (χ0v) is 19.0. The molecule has 3 aromatic rings. The van der Waals surface area contributed by atoms with Crippen molar-refractivity contribution in [1.82, 2.24) is 15.3 Å². The summed E-state index contributed by atoms with van der Waals surface area (Å²) in [4.78, 5) is 18.2. The fourth-order valence-corrected chi connectivity index (χ4v) is 5.79. The number of rotatable bonds is 4. The standard InChI is InChI=1S/C22H18F7N3O3S/c23-20(36(34,35)15-3-1-2-12(10-15)21(24,25)26)8-6-14(7-9-20)30-19(33)18-31-16-5-4-13(22(27,28)29)11-17(16)32-18/h1-5,10-11,14H,6-9H2,(H,30,33)(H,31,32)/t14-,20-. The second kappa shape index (κ2) is 8.75. The van der Waals surface area contributed by atoms with Crippen molar-refractivity contribution in [3.8, 4) is 0 Å². The Kier molecular flexibility index (Phi) is 6.30. The molecule has 1 amide bonds. The molecule has 1 saturated carbocycles. The van der Waals surface area contributed by atoms with Gasteiger partial charge in [0.1, 0.15) is 0 Å². The minimum absolute atomic E-state index is 0.0893. The van der Waals surface area contributed by atoms with Crippen molar-refractivity contribution in [2.45, 2.75) is 54.0 Å². The van der Waals surface area contributed by atoms with Crippen LogP contribution in [0.5, 0.6) is 0 Å². The van der Waals surface area contributed by atoms with Crippen LogP contribution in [0.25, 0.3) is 11.0 Å². The van der Waals surface area contributed by atoms with Gasteiger partial charge in [0.15, 0.2) is 5.82 Å². The van der Waals surface area contributed by atoms with Gasteiger partial charge >= 0.3 is 12.4 Å². The maximum absolute atomic E-state index is 15.5. The number of aromatic nitrogens is 2. The quantitative estimate of drug-likeness (QED) is 0.436. The third kappa shape index (κ3) is 4.90. The normalized spacial score (nSPS) is 21.5. The Bertz CT molecular complexity index is 1410. The Morgan fingerprint density at radius 1 is 0.972 bits per heavy atom. The molecule has 1 heterocycles. The number of hydrogen-bond donors (Lipinski definition) is 2. The lowest BCUT2D eigenvalue weighted by molar-refractivity contribution is -0.138. The van der Waals surface area contributed by atoms with E-state index in [1.54, 1.807) is 0 Å². The number of amides is 1. The maximum Gasteiger partial charge on any atom is 0.416 e. The van der Waals surface area contributed by atoms with Gasteiger partial charge < -0.3 is 10.3 Å². The van der Waals surface area contributed by atoms with Crippen molar-refractivity contribution in [2.75, 3.05) is 0 Å². The number of carbonyl (C=O) groups excluding carboxylic acids is 1. The number of nitrogens with zero attached hydrogens (tertiary/aromatic N) is 1. The van der Waals surface area contributed by atoms with Gasteiger partial charge in [0.2, 0.25) is 14.8 Å². The van der Waals surface area contributed by atoms with Crippen molar-refractivity contribution in [3.63, 3.8) is 0 Å². The van der Waals surface area contributed by atoms with E-state index in [9.17, 15) is 39.6 Å². The van der Waals surface area contributed by atoms with Crippen molar-refractivity contribution >= 4 is 26.8 Å². The zero-order valence-electron chi connectivity index (χ0n) is 18.2. The number of sulfone groups is 1. The predicted octanol–water partition coefficient (Wildman–Crippen LogP) is 5.41.